The molecule has 1 aliphatic carbocycles. The maximum Gasteiger partial charge on any atom is 0.414 e. The lowest BCUT2D eigenvalue weighted by Crippen LogP contribution is -2.32. The maximum absolute atomic E-state index is 12.8. The van der Waals surface area contributed by atoms with Crippen LogP contribution in [0.4, 0.5) is 9.80 Å². The summed E-state index contributed by atoms with van der Waals surface area (Å²) in [5.41, 5.74) is 2.80. The smallest absolute Gasteiger partial charge is 0.414 e. The van der Waals surface area contributed by atoms with E-state index in [0.717, 1.165) is 35.3 Å². The lowest BCUT2D eigenvalue weighted by Gasteiger charge is -2.18. The van der Waals surface area contributed by atoms with E-state index in [-0.39, 0.29) is 12.5 Å². The summed E-state index contributed by atoms with van der Waals surface area (Å²) in [6.45, 7) is 5.94. The van der Waals surface area contributed by atoms with Crippen LogP contribution in [0.3, 0.4) is 0 Å². The molecule has 148 valence electrons. The number of carbonyl (C=O) groups excluding carboxylic acids is 3. The van der Waals surface area contributed by atoms with E-state index < -0.39 is 12.0 Å². The first-order valence-electron chi connectivity index (χ1n) is 9.39. The van der Waals surface area contributed by atoms with Gasteiger partial charge in [-0.3, -0.25) is 14.9 Å². The van der Waals surface area contributed by atoms with Crippen LogP contribution in [0.2, 0.25) is 0 Å². The Morgan fingerprint density at radius 2 is 2.04 bits per heavy atom. The summed E-state index contributed by atoms with van der Waals surface area (Å²) in [5.74, 6) is -0.294. The summed E-state index contributed by atoms with van der Waals surface area (Å²) in [6.07, 6.45) is 1.79. The largest absolute Gasteiger partial charge is 0.450 e. The van der Waals surface area contributed by atoms with Crippen LogP contribution in [0.5, 0.6) is 0 Å². The van der Waals surface area contributed by atoms with Crippen molar-refractivity contribution in [1.82, 2.24) is 5.32 Å². The van der Waals surface area contributed by atoms with Crippen molar-refractivity contribution in [2.45, 2.75) is 40.0 Å². The fraction of sp³-hybridized carbons (Fsp3) is 0.381. The van der Waals surface area contributed by atoms with E-state index >= 15 is 0 Å². The molecule has 0 unspecified atom stereocenters. The molecule has 0 radical (unpaired) electrons. The summed E-state index contributed by atoms with van der Waals surface area (Å²) < 4.78 is 4.82. The molecule has 28 heavy (non-hydrogen) atoms. The number of hydrogen-bond acceptors (Lipinski definition) is 5. The molecule has 0 spiro atoms. The number of benzene rings is 1. The van der Waals surface area contributed by atoms with Gasteiger partial charge in [0.15, 0.2) is 0 Å². The van der Waals surface area contributed by atoms with E-state index in [9.17, 15) is 14.4 Å². The van der Waals surface area contributed by atoms with E-state index in [4.69, 9.17) is 4.74 Å². The highest BCUT2D eigenvalue weighted by atomic mass is 32.1. The normalized spacial score (nSPS) is 15.5. The van der Waals surface area contributed by atoms with Gasteiger partial charge in [0, 0.05) is 10.4 Å². The van der Waals surface area contributed by atoms with Gasteiger partial charge in [0.25, 0.3) is 11.8 Å². The minimum absolute atomic E-state index is 0.176. The van der Waals surface area contributed by atoms with Gasteiger partial charge in [-0.15, -0.1) is 11.3 Å². The molecular weight excluding hydrogens is 376 g/mol. The van der Waals surface area contributed by atoms with Crippen molar-refractivity contribution in [1.29, 1.82) is 0 Å². The highest BCUT2D eigenvalue weighted by Gasteiger charge is 2.29. The van der Waals surface area contributed by atoms with E-state index in [1.54, 1.807) is 19.1 Å². The van der Waals surface area contributed by atoms with Crippen molar-refractivity contribution < 1.29 is 19.1 Å². The Bertz CT molecular complexity index is 919. The molecule has 2 aromatic rings. The first kappa shape index (κ1) is 20.1. The van der Waals surface area contributed by atoms with Crippen molar-refractivity contribution in [3.63, 3.8) is 0 Å². The van der Waals surface area contributed by atoms with Gasteiger partial charge in [-0.2, -0.15) is 0 Å². The fourth-order valence-corrected chi connectivity index (χ4v) is 4.77. The molecule has 3 rings (SSSR count). The average Bonchev–Trinajstić information content (AvgIpc) is 2.98. The summed E-state index contributed by atoms with van der Waals surface area (Å²) in [6, 6.07) is 7.26. The van der Waals surface area contributed by atoms with Crippen molar-refractivity contribution in [3.05, 3.63) is 51.4 Å². The number of hydrogen-bond donors (Lipinski definition) is 2. The van der Waals surface area contributed by atoms with Gasteiger partial charge in [-0.05, 0) is 56.7 Å². The Morgan fingerprint density at radius 3 is 2.75 bits per heavy atom. The first-order valence-corrected chi connectivity index (χ1v) is 10.2. The molecule has 0 aliphatic heterocycles. The molecule has 6 nitrogen and oxygen atoms in total. The van der Waals surface area contributed by atoms with E-state index in [2.05, 4.69) is 17.6 Å². The van der Waals surface area contributed by atoms with Gasteiger partial charge >= 0.3 is 6.09 Å². The van der Waals surface area contributed by atoms with Crippen LogP contribution in [0.15, 0.2) is 24.3 Å². The van der Waals surface area contributed by atoms with Crippen LogP contribution >= 0.6 is 11.3 Å². The number of amides is 3. The Balaban J connectivity index is 1.92. The second-order valence-corrected chi connectivity index (χ2v) is 8.16. The predicted molar refractivity (Wildman–Crippen MR) is 109 cm³/mol. The van der Waals surface area contributed by atoms with Crippen LogP contribution in [0.25, 0.3) is 0 Å². The van der Waals surface area contributed by atoms with Gasteiger partial charge in [0.2, 0.25) is 0 Å². The molecule has 0 bridgehead atoms. The summed E-state index contributed by atoms with van der Waals surface area (Å²) >= 11 is 1.42. The van der Waals surface area contributed by atoms with Crippen LogP contribution < -0.4 is 10.6 Å². The Morgan fingerprint density at radius 1 is 1.25 bits per heavy atom. The zero-order valence-corrected chi connectivity index (χ0v) is 17.1. The lowest BCUT2D eigenvalue weighted by atomic mass is 9.88. The third kappa shape index (κ3) is 4.42. The summed E-state index contributed by atoms with van der Waals surface area (Å²) in [7, 11) is 0. The fourth-order valence-electron chi connectivity index (χ4n) is 3.36. The molecule has 2 N–H and O–H groups in total. The zero-order chi connectivity index (χ0) is 20.3. The number of rotatable bonds is 4. The molecule has 1 aliphatic rings. The number of aryl methyl sites for hydroxylation is 1. The number of thiophene rings is 1. The molecule has 7 heteroatoms. The zero-order valence-electron chi connectivity index (χ0n) is 16.3. The third-order valence-electron chi connectivity index (χ3n) is 4.74. The van der Waals surface area contributed by atoms with Crippen LogP contribution in [0.1, 0.15) is 57.0 Å². The van der Waals surface area contributed by atoms with Gasteiger partial charge in [-0.25, -0.2) is 4.79 Å². The monoisotopic (exact) mass is 400 g/mol. The highest BCUT2D eigenvalue weighted by molar-refractivity contribution is 7.17. The second-order valence-electron chi connectivity index (χ2n) is 7.05. The average molecular weight is 401 g/mol. The molecule has 1 aromatic carbocycles. The van der Waals surface area contributed by atoms with Crippen LogP contribution in [-0.2, 0) is 17.6 Å². The Hall–Kier alpha value is -2.67. The van der Waals surface area contributed by atoms with Gasteiger partial charge in [0.1, 0.15) is 5.00 Å². The highest BCUT2D eigenvalue weighted by Crippen LogP contribution is 2.39. The van der Waals surface area contributed by atoms with Crippen LogP contribution in [-0.4, -0.2) is 24.5 Å². The van der Waals surface area contributed by atoms with Crippen molar-refractivity contribution in [2.75, 3.05) is 11.9 Å². The minimum atomic E-state index is -0.785. The van der Waals surface area contributed by atoms with E-state index in [0.29, 0.717) is 22.0 Å². The summed E-state index contributed by atoms with van der Waals surface area (Å²) in [4.78, 5) is 38.3. The third-order valence-corrected chi connectivity index (χ3v) is 5.91. The number of alkyl carbamates (subject to hydrolysis) is 1. The number of nitrogens with one attached hydrogen (secondary N) is 2. The standard InChI is InChI=1S/C21H24N2O4S/c1-4-27-21(26)23-19(25)17-15-9-8-13(3)11-16(15)28-20(17)22-18(24)14-7-5-6-12(2)10-14/h5-7,10,13H,4,8-9,11H2,1-3H3,(H,22,24)(H,23,25,26)/t13-/m0/s1. The van der Waals surface area contributed by atoms with Gasteiger partial charge < -0.3 is 10.1 Å². The molecular formula is C21H24N2O4S. The molecule has 0 saturated heterocycles. The second kappa shape index (κ2) is 8.56. The molecule has 3 amide bonds. The minimum Gasteiger partial charge on any atom is -0.450 e. The Kier molecular flexibility index (Phi) is 6.14. The number of imide groups is 1. The number of fused-ring (bicyclic) bond motifs is 1. The van der Waals surface area contributed by atoms with Crippen molar-refractivity contribution >= 4 is 34.2 Å². The van der Waals surface area contributed by atoms with E-state index in [1.165, 1.54) is 11.3 Å². The maximum atomic E-state index is 12.8. The topological polar surface area (TPSA) is 84.5 Å². The first-order chi connectivity index (χ1) is 13.4. The quantitative estimate of drug-likeness (QED) is 0.800. The van der Waals surface area contributed by atoms with Crippen molar-refractivity contribution in [3.8, 4) is 0 Å². The number of carbonyl (C=O) groups is 3. The molecule has 0 saturated carbocycles. The Labute approximate surface area is 168 Å². The van der Waals surface area contributed by atoms with Gasteiger partial charge in [0.05, 0.1) is 12.2 Å². The number of anilines is 1. The molecule has 1 atom stereocenters. The number of ether oxygens (including phenoxy) is 1. The van der Waals surface area contributed by atoms with Gasteiger partial charge in [-0.1, -0.05) is 24.6 Å². The summed E-state index contributed by atoms with van der Waals surface area (Å²) in [5, 5.41) is 5.62. The molecule has 0 fully saturated rings. The molecule has 1 aromatic heterocycles. The van der Waals surface area contributed by atoms with E-state index in [1.807, 2.05) is 19.1 Å². The molecule has 1 heterocycles. The van der Waals surface area contributed by atoms with Crippen molar-refractivity contribution in [2.24, 2.45) is 5.92 Å². The SMILES string of the molecule is CCOC(=O)NC(=O)c1c(NC(=O)c2cccc(C)c2)sc2c1CC[C@H](C)C2. The van der Waals surface area contributed by atoms with Crippen LogP contribution in [0, 0.1) is 12.8 Å². The predicted octanol–water partition coefficient (Wildman–Crippen LogP) is 4.32. The lowest BCUT2D eigenvalue weighted by molar-refractivity contribution is 0.0925.